The second-order valence-electron chi connectivity index (χ2n) is 9.59. The molecule has 0 saturated heterocycles. The molecule has 0 fully saturated rings. The van der Waals surface area contributed by atoms with Crippen LogP contribution in [0.2, 0.25) is 0 Å². The summed E-state index contributed by atoms with van der Waals surface area (Å²) in [6, 6.07) is 21.7. The first-order valence-electron chi connectivity index (χ1n) is 12.7. The van der Waals surface area contributed by atoms with E-state index in [0.29, 0.717) is 22.5 Å². The van der Waals surface area contributed by atoms with Gasteiger partial charge in [0.1, 0.15) is 5.41 Å². The van der Waals surface area contributed by atoms with E-state index in [1.807, 2.05) is 0 Å². The summed E-state index contributed by atoms with van der Waals surface area (Å²) in [6.45, 7) is 0. The number of nitrogens with one attached hydrogen (secondary N) is 2. The van der Waals surface area contributed by atoms with Crippen molar-refractivity contribution in [3.05, 3.63) is 114 Å². The van der Waals surface area contributed by atoms with Gasteiger partial charge in [0, 0.05) is 30.4 Å². The summed E-state index contributed by atoms with van der Waals surface area (Å²) in [7, 11) is -3.36. The normalized spacial score (nSPS) is 12.8. The van der Waals surface area contributed by atoms with Crippen LogP contribution in [0.15, 0.2) is 102 Å². The SMILES string of the molecule is CNc1ccc(C(c2ccc(NC)cc2)(c2ccc(-c3ccc(SC(F)(F)C(F)(F)S(=O)(=O)[O-])cc3)cc2)C(F)(F)F)cc1.[Li+]. The number of thioether (sulfide) groups is 1. The Labute approximate surface area is 271 Å². The maximum absolute atomic E-state index is 15.4. The van der Waals surface area contributed by atoms with E-state index in [0.717, 1.165) is 12.1 Å². The molecule has 0 aliphatic rings. The second-order valence-corrected chi connectivity index (χ2v) is 12.2. The molecule has 15 heteroatoms. The van der Waals surface area contributed by atoms with Gasteiger partial charge in [0.2, 0.25) is 0 Å². The first-order chi connectivity index (χ1) is 20.5. The first-order valence-corrected chi connectivity index (χ1v) is 14.9. The van der Waals surface area contributed by atoms with Crippen LogP contribution in [0, 0.1) is 0 Å². The smallest absolute Gasteiger partial charge is 0.743 e. The molecule has 0 aromatic heterocycles. The van der Waals surface area contributed by atoms with Gasteiger partial charge in [0.05, 0.1) is 0 Å². The number of hydrogen-bond acceptors (Lipinski definition) is 6. The van der Waals surface area contributed by atoms with Gasteiger partial charge in [-0.3, -0.25) is 0 Å². The van der Waals surface area contributed by atoms with Crippen molar-refractivity contribution in [2.75, 3.05) is 24.7 Å². The van der Waals surface area contributed by atoms with E-state index in [-0.39, 0.29) is 35.6 Å². The second kappa shape index (κ2) is 13.3. The number of anilines is 2. The topological polar surface area (TPSA) is 81.3 Å². The van der Waals surface area contributed by atoms with Crippen LogP contribution in [0.3, 0.4) is 0 Å². The minimum atomic E-state index is -6.65. The van der Waals surface area contributed by atoms with Gasteiger partial charge in [-0.25, -0.2) is 8.42 Å². The zero-order valence-electron chi connectivity index (χ0n) is 23.9. The zero-order chi connectivity index (χ0) is 32.6. The van der Waals surface area contributed by atoms with Crippen LogP contribution in [0.25, 0.3) is 11.1 Å². The molecule has 45 heavy (non-hydrogen) atoms. The van der Waals surface area contributed by atoms with Crippen molar-refractivity contribution in [2.24, 2.45) is 0 Å². The molecule has 0 spiro atoms. The van der Waals surface area contributed by atoms with Crippen LogP contribution < -0.4 is 29.5 Å². The Bertz CT molecular complexity index is 1650. The van der Waals surface area contributed by atoms with Crippen LogP contribution >= 0.6 is 11.8 Å². The minimum Gasteiger partial charge on any atom is -0.743 e. The predicted molar refractivity (Wildman–Crippen MR) is 155 cm³/mol. The summed E-state index contributed by atoms with van der Waals surface area (Å²) >= 11 is -0.804. The van der Waals surface area contributed by atoms with Crippen molar-refractivity contribution in [1.29, 1.82) is 0 Å². The third-order valence-electron chi connectivity index (χ3n) is 7.04. The minimum absolute atomic E-state index is 0. The Morgan fingerprint density at radius 1 is 0.600 bits per heavy atom. The Balaban J connectivity index is 0.00000552. The number of hydrogen-bond donors (Lipinski definition) is 2. The van der Waals surface area contributed by atoms with Gasteiger partial charge < -0.3 is 15.2 Å². The molecular formula is C30H24F7LiN2O3S2. The van der Waals surface area contributed by atoms with Crippen molar-refractivity contribution in [2.45, 2.75) is 27.0 Å². The summed E-state index contributed by atoms with van der Waals surface area (Å²) in [5, 5.41) is -5.34. The van der Waals surface area contributed by atoms with E-state index >= 15 is 13.2 Å². The van der Waals surface area contributed by atoms with E-state index in [9.17, 15) is 30.5 Å². The Morgan fingerprint density at radius 2 is 0.933 bits per heavy atom. The van der Waals surface area contributed by atoms with Crippen LogP contribution in [-0.2, 0) is 15.5 Å². The maximum Gasteiger partial charge on any atom is 1.00 e. The fourth-order valence-corrected chi connectivity index (χ4v) is 6.16. The predicted octanol–water partition coefficient (Wildman–Crippen LogP) is 5.16. The van der Waals surface area contributed by atoms with Crippen molar-refractivity contribution in [3.63, 3.8) is 0 Å². The molecule has 0 bridgehead atoms. The van der Waals surface area contributed by atoms with Crippen molar-refractivity contribution in [3.8, 4) is 11.1 Å². The molecule has 0 radical (unpaired) electrons. The quantitative estimate of drug-likeness (QED) is 0.0802. The molecule has 5 nitrogen and oxygen atoms in total. The molecule has 0 atom stereocenters. The summed E-state index contributed by atoms with van der Waals surface area (Å²) < 4.78 is 133. The van der Waals surface area contributed by atoms with Gasteiger partial charge in [-0.05, 0) is 76.0 Å². The Kier molecular flexibility index (Phi) is 10.7. The van der Waals surface area contributed by atoms with Gasteiger partial charge >= 0.3 is 35.5 Å². The third kappa shape index (κ3) is 6.85. The molecule has 4 aromatic carbocycles. The monoisotopic (exact) mass is 664 g/mol. The third-order valence-corrected chi connectivity index (χ3v) is 9.08. The van der Waals surface area contributed by atoms with Crippen LogP contribution in [-0.4, -0.2) is 43.8 Å². The van der Waals surface area contributed by atoms with Crippen LogP contribution in [0.4, 0.5) is 42.1 Å². The molecule has 0 unspecified atom stereocenters. The molecule has 4 aromatic rings. The largest absolute Gasteiger partial charge is 1.00 e. The van der Waals surface area contributed by atoms with Crippen LogP contribution in [0.5, 0.6) is 0 Å². The van der Waals surface area contributed by atoms with E-state index in [1.54, 1.807) is 14.1 Å². The molecule has 0 amide bonds. The van der Waals surface area contributed by atoms with E-state index < -0.39 is 48.9 Å². The van der Waals surface area contributed by atoms with Gasteiger partial charge in [-0.15, -0.1) is 0 Å². The summed E-state index contributed by atoms with van der Waals surface area (Å²) in [4.78, 5) is -0.468. The number of rotatable bonds is 10. The Hall–Kier alpha value is -3.15. The average molecular weight is 665 g/mol. The van der Waals surface area contributed by atoms with Crippen LogP contribution in [0.1, 0.15) is 16.7 Å². The molecular weight excluding hydrogens is 640 g/mol. The molecule has 234 valence electrons. The molecule has 0 saturated carbocycles. The fourth-order valence-electron chi connectivity index (χ4n) is 4.75. The van der Waals surface area contributed by atoms with E-state index in [1.165, 1.54) is 84.9 Å². The summed E-state index contributed by atoms with van der Waals surface area (Å²) in [5.74, 6) is 0. The summed E-state index contributed by atoms with van der Waals surface area (Å²) in [6.07, 6.45) is -4.80. The molecule has 0 aliphatic carbocycles. The van der Waals surface area contributed by atoms with Crippen molar-refractivity contribution in [1.82, 2.24) is 0 Å². The molecule has 4 rings (SSSR count). The van der Waals surface area contributed by atoms with Crippen molar-refractivity contribution < 1.29 is 62.6 Å². The zero-order valence-corrected chi connectivity index (χ0v) is 25.6. The molecule has 2 N–H and O–H groups in total. The Morgan fingerprint density at radius 3 is 1.24 bits per heavy atom. The van der Waals surface area contributed by atoms with Gasteiger partial charge in [-0.2, -0.15) is 30.7 Å². The van der Waals surface area contributed by atoms with Gasteiger partial charge in [0.25, 0.3) is 0 Å². The standard InChI is InChI=1S/C30H25F7N2O3S2.Li/c1-38-24-13-9-22(10-14-24)27(28(31,32)33,23-11-15-25(39-2)16-12-23)21-7-3-19(4-8-21)20-5-17-26(18-6-20)43-29(34,35)30(36,37)44(40,41)42;/h3-18,38-39H,1-2H3,(H,40,41,42);/q;+1/p-1. The number of alkyl halides is 7. The van der Waals surface area contributed by atoms with E-state index in [4.69, 9.17) is 0 Å². The van der Waals surface area contributed by atoms with E-state index in [2.05, 4.69) is 10.6 Å². The summed E-state index contributed by atoms with van der Waals surface area (Å²) in [5.41, 5.74) is -0.786. The van der Waals surface area contributed by atoms with Gasteiger partial charge in [-0.1, -0.05) is 60.7 Å². The van der Waals surface area contributed by atoms with Crippen molar-refractivity contribution >= 4 is 33.3 Å². The number of halogens is 7. The fraction of sp³-hybridized carbons (Fsp3) is 0.200. The van der Waals surface area contributed by atoms with Gasteiger partial charge in [0.15, 0.2) is 10.1 Å². The average Bonchev–Trinajstić information content (AvgIpc) is 2.97. The molecule has 0 heterocycles. The molecule has 0 aliphatic heterocycles. The first kappa shape index (κ1) is 36.3. The maximum atomic E-state index is 15.4. The number of benzene rings is 4.